The maximum Gasteiger partial charge on any atom is 0.329 e. The molecule has 0 bridgehead atoms. The SMILES string of the molecule is O=c1[nH]c2cc(Cl)cc(Cl)c2c(=O)n1Cc1ccccc1F. The number of aromatic amines is 1. The number of H-pyrrole nitrogens is 1. The number of benzene rings is 2. The van der Waals surface area contributed by atoms with Crippen LogP contribution in [0.25, 0.3) is 10.9 Å². The predicted octanol–water partition coefficient (Wildman–Crippen LogP) is 3.18. The second-order valence-electron chi connectivity index (χ2n) is 4.72. The molecule has 2 aromatic carbocycles. The summed E-state index contributed by atoms with van der Waals surface area (Å²) in [6.07, 6.45) is 0. The van der Waals surface area contributed by atoms with Gasteiger partial charge in [0, 0.05) is 10.6 Å². The van der Waals surface area contributed by atoms with Crippen LogP contribution in [-0.4, -0.2) is 9.55 Å². The van der Waals surface area contributed by atoms with E-state index >= 15 is 0 Å². The standard InChI is InChI=1S/C15H9Cl2FN2O2/c16-9-5-10(17)13-12(6-9)19-15(22)20(14(13)21)7-8-3-1-2-4-11(8)18/h1-6H,7H2,(H,19,22). The fraction of sp³-hybridized carbons (Fsp3) is 0.0667. The van der Waals surface area contributed by atoms with E-state index < -0.39 is 17.1 Å². The molecular weight excluding hydrogens is 330 g/mol. The van der Waals surface area contributed by atoms with E-state index in [0.717, 1.165) is 4.57 Å². The van der Waals surface area contributed by atoms with Gasteiger partial charge in [-0.25, -0.2) is 9.18 Å². The van der Waals surface area contributed by atoms with Gasteiger partial charge in [0.05, 0.1) is 22.5 Å². The van der Waals surface area contributed by atoms with E-state index in [1.54, 1.807) is 6.07 Å². The van der Waals surface area contributed by atoms with E-state index in [4.69, 9.17) is 23.2 Å². The summed E-state index contributed by atoms with van der Waals surface area (Å²) in [7, 11) is 0. The van der Waals surface area contributed by atoms with Gasteiger partial charge < -0.3 is 4.98 Å². The summed E-state index contributed by atoms with van der Waals surface area (Å²) in [6.45, 7) is -0.185. The van der Waals surface area contributed by atoms with Crippen LogP contribution in [0.5, 0.6) is 0 Å². The Morgan fingerprint density at radius 3 is 2.59 bits per heavy atom. The molecule has 4 nitrogen and oxygen atoms in total. The highest BCUT2D eigenvalue weighted by molar-refractivity contribution is 6.38. The van der Waals surface area contributed by atoms with Gasteiger partial charge in [-0.15, -0.1) is 0 Å². The van der Waals surface area contributed by atoms with E-state index in [1.807, 2.05) is 0 Å². The van der Waals surface area contributed by atoms with Crippen LogP contribution in [0.3, 0.4) is 0 Å². The minimum atomic E-state index is -0.654. The van der Waals surface area contributed by atoms with Crippen molar-refractivity contribution < 1.29 is 4.39 Å². The van der Waals surface area contributed by atoms with E-state index in [0.29, 0.717) is 5.02 Å². The van der Waals surface area contributed by atoms with Gasteiger partial charge in [0.2, 0.25) is 0 Å². The molecule has 1 N–H and O–H groups in total. The Morgan fingerprint density at radius 2 is 1.86 bits per heavy atom. The van der Waals surface area contributed by atoms with E-state index in [2.05, 4.69) is 4.98 Å². The van der Waals surface area contributed by atoms with Gasteiger partial charge in [-0.3, -0.25) is 9.36 Å². The third-order valence-corrected chi connectivity index (χ3v) is 3.80. The number of rotatable bonds is 2. The summed E-state index contributed by atoms with van der Waals surface area (Å²) in [5.74, 6) is -0.490. The summed E-state index contributed by atoms with van der Waals surface area (Å²) in [5.41, 5.74) is -0.764. The lowest BCUT2D eigenvalue weighted by atomic mass is 10.2. The molecule has 0 unspecified atom stereocenters. The number of fused-ring (bicyclic) bond motifs is 1. The average Bonchev–Trinajstić information content (AvgIpc) is 2.44. The van der Waals surface area contributed by atoms with E-state index in [1.165, 1.54) is 30.3 Å². The van der Waals surface area contributed by atoms with Crippen molar-refractivity contribution in [2.45, 2.75) is 6.54 Å². The summed E-state index contributed by atoms with van der Waals surface area (Å²) in [5, 5.41) is 0.576. The number of aromatic nitrogens is 2. The quantitative estimate of drug-likeness (QED) is 0.780. The van der Waals surface area contributed by atoms with E-state index in [-0.39, 0.29) is 28.0 Å². The molecule has 0 aliphatic rings. The summed E-state index contributed by atoms with van der Waals surface area (Å²) in [4.78, 5) is 27.1. The molecule has 0 fully saturated rings. The van der Waals surface area contributed by atoms with Gasteiger partial charge in [0.1, 0.15) is 5.82 Å². The van der Waals surface area contributed by atoms with Gasteiger partial charge in [0.25, 0.3) is 5.56 Å². The van der Waals surface area contributed by atoms with Crippen molar-refractivity contribution >= 4 is 34.1 Å². The van der Waals surface area contributed by atoms with Gasteiger partial charge >= 0.3 is 5.69 Å². The molecule has 0 atom stereocenters. The zero-order valence-corrected chi connectivity index (χ0v) is 12.6. The highest BCUT2D eigenvalue weighted by Crippen LogP contribution is 2.23. The molecule has 0 saturated carbocycles. The Balaban J connectivity index is 2.26. The summed E-state index contributed by atoms with van der Waals surface area (Å²) in [6, 6.07) is 8.80. The Bertz CT molecular complexity index is 995. The van der Waals surface area contributed by atoms with Gasteiger partial charge in [-0.1, -0.05) is 41.4 Å². The Labute approximate surface area is 133 Å². The third-order valence-electron chi connectivity index (χ3n) is 3.29. The van der Waals surface area contributed by atoms with Crippen molar-refractivity contribution in [3.63, 3.8) is 0 Å². The molecule has 112 valence electrons. The smallest absolute Gasteiger partial charge is 0.307 e. The van der Waals surface area contributed by atoms with Crippen molar-refractivity contribution in [1.29, 1.82) is 0 Å². The molecule has 1 aromatic heterocycles. The number of hydrogen-bond donors (Lipinski definition) is 1. The largest absolute Gasteiger partial charge is 0.329 e. The molecule has 3 aromatic rings. The highest BCUT2D eigenvalue weighted by atomic mass is 35.5. The first kappa shape index (κ1) is 14.8. The lowest BCUT2D eigenvalue weighted by molar-refractivity contribution is 0.591. The fourth-order valence-corrected chi connectivity index (χ4v) is 2.81. The van der Waals surface area contributed by atoms with Crippen LogP contribution in [0.15, 0.2) is 46.0 Å². The highest BCUT2D eigenvalue weighted by Gasteiger charge is 2.13. The summed E-state index contributed by atoms with van der Waals surface area (Å²) >= 11 is 11.9. The van der Waals surface area contributed by atoms with Crippen LogP contribution in [0, 0.1) is 5.82 Å². The molecule has 0 radical (unpaired) electrons. The Hall–Kier alpha value is -2.11. The molecule has 0 aliphatic heterocycles. The molecule has 0 aliphatic carbocycles. The van der Waals surface area contributed by atoms with Crippen LogP contribution >= 0.6 is 23.2 Å². The molecular formula is C15H9Cl2FN2O2. The minimum Gasteiger partial charge on any atom is -0.307 e. The Kier molecular flexibility index (Phi) is 3.76. The van der Waals surface area contributed by atoms with Crippen molar-refractivity contribution in [1.82, 2.24) is 9.55 Å². The summed E-state index contributed by atoms with van der Waals surface area (Å²) < 4.78 is 14.6. The number of halogens is 3. The first-order valence-corrected chi connectivity index (χ1v) is 7.08. The van der Waals surface area contributed by atoms with Crippen molar-refractivity contribution in [3.05, 3.63) is 78.7 Å². The maximum atomic E-state index is 13.7. The second kappa shape index (κ2) is 5.59. The van der Waals surface area contributed by atoms with Gasteiger partial charge in [-0.2, -0.15) is 0 Å². The minimum absolute atomic E-state index is 0.131. The maximum absolute atomic E-state index is 13.7. The topological polar surface area (TPSA) is 54.9 Å². The van der Waals surface area contributed by atoms with Crippen molar-refractivity contribution in [2.75, 3.05) is 0 Å². The molecule has 1 heterocycles. The van der Waals surface area contributed by atoms with Gasteiger partial charge in [0.15, 0.2) is 0 Å². The fourth-order valence-electron chi connectivity index (χ4n) is 2.24. The first-order valence-electron chi connectivity index (χ1n) is 6.32. The molecule has 22 heavy (non-hydrogen) atoms. The van der Waals surface area contributed by atoms with Gasteiger partial charge in [-0.05, 0) is 18.2 Å². The van der Waals surface area contributed by atoms with Crippen LogP contribution in [0.4, 0.5) is 4.39 Å². The molecule has 0 saturated heterocycles. The zero-order valence-electron chi connectivity index (χ0n) is 11.1. The van der Waals surface area contributed by atoms with Crippen molar-refractivity contribution in [2.24, 2.45) is 0 Å². The predicted molar refractivity (Wildman–Crippen MR) is 84.4 cm³/mol. The first-order chi connectivity index (χ1) is 10.5. The molecule has 0 amide bonds. The van der Waals surface area contributed by atoms with Crippen LogP contribution in [0.2, 0.25) is 10.0 Å². The normalized spacial score (nSPS) is 11.0. The number of nitrogens with zero attached hydrogens (tertiary/aromatic N) is 1. The average molecular weight is 339 g/mol. The third kappa shape index (κ3) is 2.53. The Morgan fingerprint density at radius 1 is 1.14 bits per heavy atom. The number of hydrogen-bond acceptors (Lipinski definition) is 2. The second-order valence-corrected chi connectivity index (χ2v) is 5.57. The molecule has 0 spiro atoms. The lowest BCUT2D eigenvalue weighted by Crippen LogP contribution is -2.35. The van der Waals surface area contributed by atoms with Crippen LogP contribution < -0.4 is 11.2 Å². The van der Waals surface area contributed by atoms with Crippen LogP contribution in [-0.2, 0) is 6.54 Å². The lowest BCUT2D eigenvalue weighted by Gasteiger charge is -2.08. The molecule has 7 heteroatoms. The molecule has 3 rings (SSSR count). The van der Waals surface area contributed by atoms with E-state index in [9.17, 15) is 14.0 Å². The van der Waals surface area contributed by atoms with Crippen LogP contribution in [0.1, 0.15) is 5.56 Å². The monoisotopic (exact) mass is 338 g/mol. The zero-order chi connectivity index (χ0) is 15.9. The van der Waals surface area contributed by atoms with Crippen molar-refractivity contribution in [3.8, 4) is 0 Å². The number of nitrogens with one attached hydrogen (secondary N) is 1.